The maximum atomic E-state index is 12.4. The van der Waals surface area contributed by atoms with Crippen molar-refractivity contribution in [1.82, 2.24) is 4.31 Å². The molecule has 1 unspecified atom stereocenters. The summed E-state index contributed by atoms with van der Waals surface area (Å²) in [5.74, 6) is 0.465. The van der Waals surface area contributed by atoms with Crippen LogP contribution in [0.5, 0.6) is 0 Å². The Morgan fingerprint density at radius 3 is 2.11 bits per heavy atom. The van der Waals surface area contributed by atoms with Crippen molar-refractivity contribution in [2.45, 2.75) is 44.7 Å². The summed E-state index contributed by atoms with van der Waals surface area (Å²) in [5.41, 5.74) is 6.44. The molecule has 1 atom stereocenters. The van der Waals surface area contributed by atoms with Crippen LogP contribution in [0.1, 0.15) is 32.8 Å². The second kappa shape index (κ2) is 6.50. The number of rotatable bonds is 6. The molecule has 19 heavy (non-hydrogen) atoms. The van der Waals surface area contributed by atoms with Crippen LogP contribution in [0.25, 0.3) is 0 Å². The molecule has 0 spiro atoms. The smallest absolute Gasteiger partial charge is 0.243 e. The molecule has 4 nitrogen and oxygen atoms in total. The molecule has 1 rings (SSSR count). The van der Waals surface area contributed by atoms with E-state index in [-0.39, 0.29) is 6.04 Å². The summed E-state index contributed by atoms with van der Waals surface area (Å²) >= 11 is 0. The zero-order valence-electron chi connectivity index (χ0n) is 12.1. The third-order valence-corrected chi connectivity index (χ3v) is 5.26. The Labute approximate surface area is 116 Å². The van der Waals surface area contributed by atoms with Crippen molar-refractivity contribution in [3.8, 4) is 0 Å². The van der Waals surface area contributed by atoms with Crippen LogP contribution in [0.2, 0.25) is 0 Å². The number of hydrogen-bond donors (Lipinski definition) is 1. The molecule has 2 N–H and O–H groups in total. The van der Waals surface area contributed by atoms with E-state index in [1.165, 1.54) is 4.31 Å². The predicted octanol–water partition coefficient (Wildman–Crippen LogP) is 2.20. The first kappa shape index (κ1) is 16.1. The largest absolute Gasteiger partial charge is 0.326 e. The molecule has 0 bridgehead atoms. The number of nitrogens with zero attached hydrogens (tertiary/aromatic N) is 1. The van der Waals surface area contributed by atoms with Crippen molar-refractivity contribution in [1.29, 1.82) is 0 Å². The number of hydrogen-bond acceptors (Lipinski definition) is 3. The summed E-state index contributed by atoms with van der Waals surface area (Å²) in [4.78, 5) is 0.322. The molecule has 0 saturated heterocycles. The Morgan fingerprint density at radius 2 is 1.68 bits per heavy atom. The van der Waals surface area contributed by atoms with E-state index in [1.807, 2.05) is 6.92 Å². The lowest BCUT2D eigenvalue weighted by molar-refractivity contribution is 0.338. The molecule has 1 aromatic carbocycles. The fourth-order valence-electron chi connectivity index (χ4n) is 2.03. The van der Waals surface area contributed by atoms with Gasteiger partial charge in [-0.2, -0.15) is 4.31 Å². The molecule has 0 amide bonds. The molecular formula is C14H24N2O2S. The molecule has 5 heteroatoms. The first-order chi connectivity index (χ1) is 8.78. The third kappa shape index (κ3) is 4.03. The maximum absolute atomic E-state index is 12.4. The predicted molar refractivity (Wildman–Crippen MR) is 78.2 cm³/mol. The first-order valence-corrected chi connectivity index (χ1v) is 8.00. The molecule has 0 heterocycles. The van der Waals surface area contributed by atoms with Gasteiger partial charge in [-0.05, 0) is 37.0 Å². The van der Waals surface area contributed by atoms with Crippen molar-refractivity contribution in [3.05, 3.63) is 29.8 Å². The van der Waals surface area contributed by atoms with E-state index in [0.29, 0.717) is 17.4 Å². The average molecular weight is 284 g/mol. The van der Waals surface area contributed by atoms with E-state index in [0.717, 1.165) is 12.0 Å². The van der Waals surface area contributed by atoms with Gasteiger partial charge in [-0.25, -0.2) is 8.42 Å². The average Bonchev–Trinajstić information content (AvgIpc) is 2.37. The van der Waals surface area contributed by atoms with Crippen LogP contribution in [0.3, 0.4) is 0 Å². The third-order valence-electron chi connectivity index (χ3n) is 3.27. The minimum absolute atomic E-state index is 0.0146. The Bertz CT molecular complexity index is 495. The topological polar surface area (TPSA) is 63.4 Å². The van der Waals surface area contributed by atoms with Crippen LogP contribution in [-0.2, 0) is 16.6 Å². The van der Waals surface area contributed by atoms with Gasteiger partial charge in [0.2, 0.25) is 10.0 Å². The van der Waals surface area contributed by atoms with Gasteiger partial charge in [0.25, 0.3) is 0 Å². The van der Waals surface area contributed by atoms with Gasteiger partial charge in [-0.15, -0.1) is 0 Å². The van der Waals surface area contributed by atoms with Crippen LogP contribution >= 0.6 is 0 Å². The SMILES string of the molecule is CC(C)CC(C)N(C)S(=O)(=O)c1ccc(CN)cc1. The van der Waals surface area contributed by atoms with E-state index < -0.39 is 10.0 Å². The molecule has 108 valence electrons. The molecule has 0 aromatic heterocycles. The number of benzene rings is 1. The van der Waals surface area contributed by atoms with Gasteiger partial charge < -0.3 is 5.73 Å². The fourth-order valence-corrected chi connectivity index (χ4v) is 3.40. The minimum atomic E-state index is -3.42. The molecule has 0 fully saturated rings. The highest BCUT2D eigenvalue weighted by Crippen LogP contribution is 2.20. The summed E-state index contributed by atoms with van der Waals surface area (Å²) in [7, 11) is -1.78. The van der Waals surface area contributed by atoms with Crippen LogP contribution in [0, 0.1) is 5.92 Å². The van der Waals surface area contributed by atoms with Crippen LogP contribution in [0.15, 0.2) is 29.2 Å². The van der Waals surface area contributed by atoms with Crippen molar-refractivity contribution in [2.24, 2.45) is 11.7 Å². The first-order valence-electron chi connectivity index (χ1n) is 6.56. The zero-order valence-corrected chi connectivity index (χ0v) is 12.9. The minimum Gasteiger partial charge on any atom is -0.326 e. The maximum Gasteiger partial charge on any atom is 0.243 e. The van der Waals surface area contributed by atoms with Crippen molar-refractivity contribution in [3.63, 3.8) is 0 Å². The van der Waals surface area contributed by atoms with E-state index in [4.69, 9.17) is 5.73 Å². The van der Waals surface area contributed by atoms with Crippen LogP contribution in [-0.4, -0.2) is 25.8 Å². The lowest BCUT2D eigenvalue weighted by Gasteiger charge is -2.25. The number of nitrogens with two attached hydrogens (primary N) is 1. The summed E-state index contributed by atoms with van der Waals surface area (Å²) in [6, 6.07) is 6.74. The summed E-state index contributed by atoms with van der Waals surface area (Å²) in [6.07, 6.45) is 0.844. The quantitative estimate of drug-likeness (QED) is 0.871. The molecule has 0 saturated carbocycles. The number of sulfonamides is 1. The van der Waals surface area contributed by atoms with Gasteiger partial charge in [0.1, 0.15) is 0 Å². The van der Waals surface area contributed by atoms with Gasteiger partial charge in [0.05, 0.1) is 4.90 Å². The van der Waals surface area contributed by atoms with Gasteiger partial charge in [-0.1, -0.05) is 26.0 Å². The van der Waals surface area contributed by atoms with E-state index >= 15 is 0 Å². The van der Waals surface area contributed by atoms with Crippen molar-refractivity contribution in [2.75, 3.05) is 7.05 Å². The Hall–Kier alpha value is -0.910. The highest BCUT2D eigenvalue weighted by atomic mass is 32.2. The van der Waals surface area contributed by atoms with E-state index in [2.05, 4.69) is 13.8 Å². The van der Waals surface area contributed by atoms with E-state index in [1.54, 1.807) is 31.3 Å². The summed E-state index contributed by atoms with van der Waals surface area (Å²) in [6.45, 7) is 6.53. The standard InChI is InChI=1S/C14H24N2O2S/c1-11(2)9-12(3)16(4)19(17,18)14-7-5-13(10-15)6-8-14/h5-8,11-12H,9-10,15H2,1-4H3. The van der Waals surface area contributed by atoms with Gasteiger partial charge in [0, 0.05) is 19.6 Å². The Kier molecular flexibility index (Phi) is 5.52. The molecule has 0 radical (unpaired) electrons. The normalized spacial score (nSPS) is 14.1. The van der Waals surface area contributed by atoms with Gasteiger partial charge in [0.15, 0.2) is 0 Å². The van der Waals surface area contributed by atoms with Crippen molar-refractivity contribution < 1.29 is 8.42 Å². The van der Waals surface area contributed by atoms with Gasteiger partial charge in [-0.3, -0.25) is 0 Å². The second-order valence-corrected chi connectivity index (χ2v) is 7.35. The fraction of sp³-hybridized carbons (Fsp3) is 0.571. The zero-order chi connectivity index (χ0) is 14.6. The summed E-state index contributed by atoms with van der Waals surface area (Å²) in [5, 5.41) is 0. The molecule has 1 aromatic rings. The molecule has 0 aliphatic carbocycles. The lowest BCUT2D eigenvalue weighted by atomic mass is 10.1. The molecule has 0 aliphatic rings. The highest BCUT2D eigenvalue weighted by Gasteiger charge is 2.25. The second-order valence-electron chi connectivity index (χ2n) is 5.35. The molecular weight excluding hydrogens is 260 g/mol. The highest BCUT2D eigenvalue weighted by molar-refractivity contribution is 7.89. The lowest BCUT2D eigenvalue weighted by Crippen LogP contribution is -2.35. The van der Waals surface area contributed by atoms with E-state index in [9.17, 15) is 8.42 Å². The van der Waals surface area contributed by atoms with Crippen molar-refractivity contribution >= 4 is 10.0 Å². The molecule has 0 aliphatic heterocycles. The monoisotopic (exact) mass is 284 g/mol. The Morgan fingerprint density at radius 1 is 1.16 bits per heavy atom. The van der Waals surface area contributed by atoms with Gasteiger partial charge >= 0.3 is 0 Å². The Balaban J connectivity index is 2.95. The van der Waals surface area contributed by atoms with Crippen LogP contribution < -0.4 is 5.73 Å². The summed E-state index contributed by atoms with van der Waals surface area (Å²) < 4.78 is 26.3. The van der Waals surface area contributed by atoms with Crippen LogP contribution in [0.4, 0.5) is 0 Å².